The minimum Gasteiger partial charge on any atom is -0.489 e. The summed E-state index contributed by atoms with van der Waals surface area (Å²) in [6.07, 6.45) is 0. The predicted octanol–water partition coefficient (Wildman–Crippen LogP) is 4.78. The van der Waals surface area contributed by atoms with Gasteiger partial charge in [-0.3, -0.25) is 4.90 Å². The monoisotopic (exact) mass is 426 g/mol. The molecule has 1 N–H and O–H groups in total. The summed E-state index contributed by atoms with van der Waals surface area (Å²) in [6, 6.07) is 7.55. The number of halogens is 4. The van der Waals surface area contributed by atoms with Crippen LogP contribution < -0.4 is 10.1 Å². The number of ether oxygens (including phenoxy) is 1. The molecule has 1 saturated heterocycles. The fraction of sp³-hybridized carbons (Fsp3) is 0.412. The molecule has 0 spiro atoms. The van der Waals surface area contributed by atoms with E-state index in [1.165, 1.54) is 4.88 Å². The van der Waals surface area contributed by atoms with Crippen LogP contribution in [0, 0.1) is 5.82 Å². The first-order valence-electron chi connectivity index (χ1n) is 7.80. The van der Waals surface area contributed by atoms with Crippen LogP contribution in [0.25, 0.3) is 0 Å². The van der Waals surface area contributed by atoms with Crippen molar-refractivity contribution in [3.63, 3.8) is 0 Å². The van der Waals surface area contributed by atoms with E-state index in [-0.39, 0.29) is 36.6 Å². The van der Waals surface area contributed by atoms with Crippen LogP contribution in [0.1, 0.15) is 23.4 Å². The Balaban J connectivity index is 0.00000156. The number of nitrogens with zero attached hydrogens (tertiary/aromatic N) is 1. The van der Waals surface area contributed by atoms with Crippen molar-refractivity contribution in [3.05, 3.63) is 50.9 Å². The van der Waals surface area contributed by atoms with Crippen molar-refractivity contribution >= 4 is 47.8 Å². The Kier molecular flexibility index (Phi) is 9.49. The van der Waals surface area contributed by atoms with E-state index in [1.807, 2.05) is 19.1 Å². The van der Waals surface area contributed by atoms with Gasteiger partial charge in [0.05, 0.1) is 17.7 Å². The minimum atomic E-state index is -0.397. The van der Waals surface area contributed by atoms with Crippen LogP contribution in [0.4, 0.5) is 4.39 Å². The Morgan fingerprint density at radius 3 is 2.60 bits per heavy atom. The van der Waals surface area contributed by atoms with Gasteiger partial charge in [-0.05, 0) is 36.1 Å². The van der Waals surface area contributed by atoms with E-state index in [9.17, 15) is 4.39 Å². The van der Waals surface area contributed by atoms with Gasteiger partial charge in [0.2, 0.25) is 0 Å². The minimum absolute atomic E-state index is 0. The Morgan fingerprint density at radius 2 is 2.04 bits per heavy atom. The lowest BCUT2D eigenvalue weighted by atomic mass is 10.0. The number of thiophene rings is 1. The summed E-state index contributed by atoms with van der Waals surface area (Å²) in [5.41, 5.74) is 0.875. The van der Waals surface area contributed by atoms with Crippen molar-refractivity contribution in [3.8, 4) is 5.75 Å². The topological polar surface area (TPSA) is 24.5 Å². The van der Waals surface area contributed by atoms with Crippen LogP contribution in [0.2, 0.25) is 5.02 Å². The zero-order valence-electron chi connectivity index (χ0n) is 13.8. The van der Waals surface area contributed by atoms with Crippen molar-refractivity contribution in [1.82, 2.24) is 10.2 Å². The van der Waals surface area contributed by atoms with Gasteiger partial charge in [-0.1, -0.05) is 17.7 Å². The first-order chi connectivity index (χ1) is 11.2. The molecule has 3 nitrogen and oxygen atoms in total. The van der Waals surface area contributed by atoms with E-state index >= 15 is 0 Å². The molecule has 0 saturated carbocycles. The van der Waals surface area contributed by atoms with Gasteiger partial charge >= 0.3 is 0 Å². The van der Waals surface area contributed by atoms with Gasteiger partial charge in [-0.25, -0.2) is 4.39 Å². The van der Waals surface area contributed by atoms with E-state index < -0.39 is 5.82 Å². The molecule has 140 valence electrons. The van der Waals surface area contributed by atoms with Crippen LogP contribution in [0.15, 0.2) is 29.6 Å². The van der Waals surface area contributed by atoms with E-state index in [0.717, 1.165) is 31.7 Å². The second-order valence-corrected chi connectivity index (χ2v) is 6.84. The molecule has 1 aliphatic heterocycles. The molecule has 1 atom stereocenters. The molecule has 3 rings (SSSR count). The van der Waals surface area contributed by atoms with Gasteiger partial charge in [-0.2, -0.15) is 0 Å². The Labute approximate surface area is 169 Å². The second kappa shape index (κ2) is 10.6. The number of nitrogens with one attached hydrogen (secondary N) is 1. The standard InChI is InChI=1S/C17H20ClFN2OS.2ClH/c1-2-22-17-13(18)10-12(11-14(17)19)16(15-4-3-9-23-15)21-7-5-20-6-8-21;;/h3-4,9-11,16,20H,2,5-8H2,1H3;2*1H/t16-;;/m0../s1. The third-order valence-electron chi connectivity index (χ3n) is 3.95. The molecule has 1 aliphatic rings. The third kappa shape index (κ3) is 5.22. The maximum atomic E-state index is 14.4. The lowest BCUT2D eigenvalue weighted by molar-refractivity contribution is 0.200. The van der Waals surface area contributed by atoms with E-state index in [4.69, 9.17) is 16.3 Å². The fourth-order valence-electron chi connectivity index (χ4n) is 2.96. The van der Waals surface area contributed by atoms with Crippen molar-refractivity contribution in [1.29, 1.82) is 0 Å². The number of hydrogen-bond acceptors (Lipinski definition) is 4. The van der Waals surface area contributed by atoms with Crippen LogP contribution in [-0.2, 0) is 0 Å². The largest absolute Gasteiger partial charge is 0.489 e. The lowest BCUT2D eigenvalue weighted by Crippen LogP contribution is -2.45. The molecular weight excluding hydrogens is 406 g/mol. The summed E-state index contributed by atoms with van der Waals surface area (Å²) >= 11 is 7.95. The molecular formula is C17H22Cl3FN2OS. The highest BCUT2D eigenvalue weighted by atomic mass is 35.5. The van der Waals surface area contributed by atoms with Gasteiger partial charge in [0.15, 0.2) is 11.6 Å². The SMILES string of the molecule is CCOc1c(F)cc([C@@H](c2cccs2)N2CCNCC2)cc1Cl.Cl.Cl. The first-order valence-corrected chi connectivity index (χ1v) is 9.06. The normalized spacial score (nSPS) is 15.8. The van der Waals surface area contributed by atoms with Gasteiger partial charge in [0, 0.05) is 31.1 Å². The highest BCUT2D eigenvalue weighted by molar-refractivity contribution is 7.10. The molecule has 0 unspecified atom stereocenters. The molecule has 25 heavy (non-hydrogen) atoms. The molecule has 2 heterocycles. The van der Waals surface area contributed by atoms with Crippen LogP contribution in [0.3, 0.4) is 0 Å². The molecule has 0 amide bonds. The van der Waals surface area contributed by atoms with Gasteiger partial charge < -0.3 is 10.1 Å². The molecule has 8 heteroatoms. The van der Waals surface area contributed by atoms with Crippen molar-refractivity contribution in [2.45, 2.75) is 13.0 Å². The molecule has 1 aromatic heterocycles. The van der Waals surface area contributed by atoms with Gasteiger partial charge in [-0.15, -0.1) is 36.2 Å². The maximum Gasteiger partial charge on any atom is 0.173 e. The summed E-state index contributed by atoms with van der Waals surface area (Å²) in [6.45, 7) is 5.94. The Morgan fingerprint density at radius 1 is 1.32 bits per heavy atom. The number of hydrogen-bond donors (Lipinski definition) is 1. The summed E-state index contributed by atoms with van der Waals surface area (Å²) < 4.78 is 19.7. The lowest BCUT2D eigenvalue weighted by Gasteiger charge is -2.35. The van der Waals surface area contributed by atoms with E-state index in [2.05, 4.69) is 21.7 Å². The number of piperazine rings is 1. The molecule has 2 aromatic rings. The zero-order chi connectivity index (χ0) is 16.2. The van der Waals surface area contributed by atoms with Crippen molar-refractivity contribution < 1.29 is 9.13 Å². The average Bonchev–Trinajstić information content (AvgIpc) is 3.06. The quantitative estimate of drug-likeness (QED) is 0.743. The van der Waals surface area contributed by atoms with Gasteiger partial charge in [0.1, 0.15) is 0 Å². The van der Waals surface area contributed by atoms with Crippen LogP contribution in [0.5, 0.6) is 5.75 Å². The summed E-state index contributed by atoms with van der Waals surface area (Å²) in [5, 5.41) is 5.74. The Bertz CT molecular complexity index is 628. The smallest absolute Gasteiger partial charge is 0.173 e. The van der Waals surface area contributed by atoms with Crippen molar-refractivity contribution in [2.24, 2.45) is 0 Å². The summed E-state index contributed by atoms with van der Waals surface area (Å²) in [5.74, 6) is -0.255. The molecule has 0 aliphatic carbocycles. The van der Waals surface area contributed by atoms with E-state index in [0.29, 0.717) is 11.6 Å². The second-order valence-electron chi connectivity index (χ2n) is 5.45. The maximum absolute atomic E-state index is 14.4. The molecule has 1 fully saturated rings. The van der Waals surface area contributed by atoms with E-state index in [1.54, 1.807) is 17.4 Å². The highest BCUT2D eigenvalue weighted by Gasteiger charge is 2.26. The Hall–Kier alpha value is -0.560. The zero-order valence-corrected chi connectivity index (χ0v) is 17.0. The molecule has 1 aromatic carbocycles. The number of benzene rings is 1. The van der Waals surface area contributed by atoms with Crippen LogP contribution >= 0.6 is 47.8 Å². The predicted molar refractivity (Wildman–Crippen MR) is 108 cm³/mol. The highest BCUT2D eigenvalue weighted by Crippen LogP contribution is 2.37. The van der Waals surface area contributed by atoms with Gasteiger partial charge in [0.25, 0.3) is 0 Å². The van der Waals surface area contributed by atoms with Crippen molar-refractivity contribution in [2.75, 3.05) is 32.8 Å². The molecule has 0 radical (unpaired) electrons. The summed E-state index contributed by atoms with van der Waals surface area (Å²) in [4.78, 5) is 3.57. The first kappa shape index (κ1) is 22.5. The summed E-state index contributed by atoms with van der Waals surface area (Å²) in [7, 11) is 0. The van der Waals surface area contributed by atoms with Crippen LogP contribution in [-0.4, -0.2) is 37.7 Å². The fourth-order valence-corrected chi connectivity index (χ4v) is 4.12. The average molecular weight is 428 g/mol. The number of rotatable bonds is 5. The third-order valence-corrected chi connectivity index (χ3v) is 5.16. The molecule has 0 bridgehead atoms.